The third kappa shape index (κ3) is 18.2. The predicted molar refractivity (Wildman–Crippen MR) is 222 cm³/mol. The van der Waals surface area contributed by atoms with E-state index in [2.05, 4.69) is 45.3 Å². The molecule has 0 amide bonds. The van der Waals surface area contributed by atoms with Gasteiger partial charge in [0.25, 0.3) is 0 Å². The van der Waals surface area contributed by atoms with Gasteiger partial charge >= 0.3 is 35.8 Å². The van der Waals surface area contributed by atoms with E-state index >= 15 is 0 Å². The lowest BCUT2D eigenvalue weighted by atomic mass is 9.96. The van der Waals surface area contributed by atoms with Crippen LogP contribution in [0.4, 0.5) is 0 Å². The van der Waals surface area contributed by atoms with Crippen molar-refractivity contribution in [1.82, 2.24) is 4.57 Å². The smallest absolute Gasteiger partial charge is 0.344 e. The largest absolute Gasteiger partial charge is 0.550 e. The number of hydrogen-bond acceptors (Lipinski definition) is 15. The summed E-state index contributed by atoms with van der Waals surface area (Å²) in [5, 5.41) is 71.7. The van der Waals surface area contributed by atoms with Gasteiger partial charge in [0.1, 0.15) is 32.1 Å². The summed E-state index contributed by atoms with van der Waals surface area (Å²) in [5.74, 6) is -10.9. The van der Waals surface area contributed by atoms with E-state index in [1.54, 1.807) is 0 Å². The lowest BCUT2D eigenvalue weighted by Crippen LogP contribution is -3.11. The number of aliphatic hydroxyl groups is 2. The average Bonchev–Trinajstić information content (AvgIpc) is 3.50. The Morgan fingerprint density at radius 2 is 1.12 bits per heavy atom. The van der Waals surface area contributed by atoms with E-state index in [0.29, 0.717) is 24.5 Å². The third-order valence-corrected chi connectivity index (χ3v) is 10.1. The number of nitrogens with one attached hydrogen (secondary N) is 2. The molecule has 22 nitrogen and oxygen atoms in total. The van der Waals surface area contributed by atoms with Crippen LogP contribution in [0.5, 0.6) is 5.75 Å². The van der Waals surface area contributed by atoms with Crippen molar-refractivity contribution in [2.45, 2.75) is 78.4 Å². The van der Waals surface area contributed by atoms with Gasteiger partial charge in [0, 0.05) is 41.5 Å². The number of aryl methyl sites for hydroxylation is 1. The minimum absolute atomic E-state index is 0.191. The maximum Gasteiger partial charge on any atom is 0.344 e. The fourth-order valence-electron chi connectivity index (χ4n) is 6.34. The average molecular weight is 922 g/mol. The summed E-state index contributed by atoms with van der Waals surface area (Å²) in [5.41, 5.74) is -1.32. The third-order valence-electron chi connectivity index (χ3n) is 10.1. The number of rotatable bonds is 25. The Labute approximate surface area is 374 Å². The zero-order valence-electron chi connectivity index (χ0n) is 37.2. The first-order valence-corrected chi connectivity index (χ1v) is 20.5. The molecule has 0 saturated carbocycles. The minimum atomic E-state index is -2.80. The van der Waals surface area contributed by atoms with Crippen molar-refractivity contribution < 1.29 is 103 Å². The van der Waals surface area contributed by atoms with Gasteiger partial charge in [0.05, 0.1) is 50.1 Å². The molecule has 0 bridgehead atoms. The summed E-state index contributed by atoms with van der Waals surface area (Å²) in [6.45, 7) is 18.5. The highest BCUT2D eigenvalue weighted by atomic mass is 16.6. The van der Waals surface area contributed by atoms with Gasteiger partial charge in [-0.25, -0.2) is 19.2 Å². The van der Waals surface area contributed by atoms with Crippen molar-refractivity contribution in [3.63, 3.8) is 0 Å². The molecule has 0 spiro atoms. The molecule has 0 aliphatic rings. The molecule has 0 radical (unpaired) electrons. The molecule has 22 heteroatoms. The van der Waals surface area contributed by atoms with Gasteiger partial charge in [-0.2, -0.15) is 0 Å². The van der Waals surface area contributed by atoms with Crippen LogP contribution in [0.1, 0.15) is 75.0 Å². The number of quaternary nitrogens is 2. The molecule has 0 fully saturated rings. The number of ether oxygens (including phenoxy) is 3. The van der Waals surface area contributed by atoms with E-state index in [4.69, 9.17) is 44.8 Å². The number of benzene rings is 2. The molecule has 2 unspecified atom stereocenters. The summed E-state index contributed by atoms with van der Waals surface area (Å²) >= 11 is 0. The van der Waals surface area contributed by atoms with Crippen molar-refractivity contribution in [3.8, 4) is 11.4 Å². The Kier molecular flexibility index (Phi) is 23.3. The van der Waals surface area contributed by atoms with Gasteiger partial charge in [-0.1, -0.05) is 18.2 Å². The Morgan fingerprint density at radius 1 is 0.662 bits per heavy atom. The standard InChI is InChI=1S/C31H43N3O5.2C6H8O7/c1-7-32(8-2)17-19-37-29(35)22-39-25-15-16-28-26(21-25)30(31(36)38-20-18-33(9-3)10-4)24(6)34(28)27-14-12-11-13-23(27)5;2*7-3(8)1-6(13,5(11)12)2-4(9)10/h11-16,21H,7-10,17-20,22H2,1-6H3;2*13H,1-2H2,(H,7,8)(H,9,10)(H,11,12). The highest BCUT2D eigenvalue weighted by Crippen LogP contribution is 2.33. The molecule has 3 aromatic rings. The molecule has 3 rings (SSSR count). The van der Waals surface area contributed by atoms with E-state index in [0.717, 1.165) is 67.1 Å². The molecule has 0 saturated heterocycles. The number of carboxylic acid groups (broad SMARTS) is 6. The van der Waals surface area contributed by atoms with E-state index < -0.39 is 78.7 Å². The number of carbonyl (C=O) groups is 8. The highest BCUT2D eigenvalue weighted by Gasteiger charge is 2.39. The molecule has 2 atom stereocenters. The Hall–Kier alpha value is -6.62. The molecule has 0 aliphatic carbocycles. The summed E-state index contributed by atoms with van der Waals surface area (Å²) in [4.78, 5) is 89.1. The molecule has 360 valence electrons. The zero-order chi connectivity index (χ0) is 49.7. The van der Waals surface area contributed by atoms with Gasteiger partial charge in [0.15, 0.2) is 17.8 Å². The van der Waals surface area contributed by atoms with Gasteiger partial charge < -0.3 is 79.0 Å². The number of aromatic nitrogens is 1. The van der Waals surface area contributed by atoms with Gasteiger partial charge in [0.2, 0.25) is 0 Å². The fourth-order valence-corrected chi connectivity index (χ4v) is 6.34. The maximum absolute atomic E-state index is 13.4. The first kappa shape index (κ1) is 56.4. The summed E-state index contributed by atoms with van der Waals surface area (Å²) in [6, 6.07) is 13.6. The van der Waals surface area contributed by atoms with E-state index in [9.17, 15) is 48.6 Å². The molecule has 65 heavy (non-hydrogen) atoms. The quantitative estimate of drug-likeness (QED) is 0.0393. The van der Waals surface area contributed by atoms with Crippen molar-refractivity contribution in [3.05, 3.63) is 59.3 Å². The Balaban J connectivity index is 0.000000662. The van der Waals surface area contributed by atoms with Crippen LogP contribution < -0.4 is 24.7 Å². The number of fused-ring (bicyclic) bond motifs is 1. The zero-order valence-corrected chi connectivity index (χ0v) is 37.2. The molecule has 2 aromatic carbocycles. The van der Waals surface area contributed by atoms with Crippen molar-refractivity contribution in [1.29, 1.82) is 0 Å². The Morgan fingerprint density at radius 3 is 1.54 bits per heavy atom. The predicted octanol–water partition coefficient (Wildman–Crippen LogP) is -2.99. The van der Waals surface area contributed by atoms with E-state index in [-0.39, 0.29) is 12.6 Å². The van der Waals surface area contributed by atoms with Gasteiger partial charge in [-0.05, 0) is 71.4 Å². The summed E-state index contributed by atoms with van der Waals surface area (Å²) in [7, 11) is 0. The number of hydrogen-bond donors (Lipinski definition) is 8. The van der Waals surface area contributed by atoms with E-state index in [1.807, 2.05) is 43.3 Å². The van der Waals surface area contributed by atoms with E-state index in [1.165, 1.54) is 9.80 Å². The molecule has 8 N–H and O–H groups in total. The minimum Gasteiger partial charge on any atom is -0.550 e. The number of nitrogens with zero attached hydrogens (tertiary/aromatic N) is 1. The lowest BCUT2D eigenvalue weighted by Gasteiger charge is -2.21. The van der Waals surface area contributed by atoms with Crippen LogP contribution in [-0.4, -0.2) is 153 Å². The van der Waals surface area contributed by atoms with Crippen LogP contribution in [0.2, 0.25) is 0 Å². The SMILES string of the molecule is CC[NH+](CC)CCOC(=O)COc1ccc2c(c1)c(C(=O)OCC[NH+](CC)CC)c(C)n2-c1ccccc1C.O=C([O-])CC(O)(CC(=O)O)C(=O)O.O=C([O-])CC(O)(CC(=O)O)C(=O)O. The normalized spacial score (nSPS) is 12.6. The van der Waals surface area contributed by atoms with Gasteiger partial charge in [-0.15, -0.1) is 0 Å². The molecule has 1 aromatic heterocycles. The first-order chi connectivity index (χ1) is 30.4. The summed E-state index contributed by atoms with van der Waals surface area (Å²) in [6.07, 6.45) is -4.88. The van der Waals surface area contributed by atoms with Crippen molar-refractivity contribution in [2.75, 3.05) is 59.1 Å². The lowest BCUT2D eigenvalue weighted by molar-refractivity contribution is -0.896. The monoisotopic (exact) mass is 921 g/mol. The number of likely N-dealkylation sites (N-methyl/N-ethyl adjacent to an activating group) is 2. The molecular formula is C43H59N3O19. The fraction of sp³-hybridized carbons (Fsp3) is 0.488. The molecule has 0 aliphatic heterocycles. The maximum atomic E-state index is 13.4. The molecular weight excluding hydrogens is 862 g/mol. The van der Waals surface area contributed by atoms with Crippen LogP contribution in [0.15, 0.2) is 42.5 Å². The topological polar surface area (TPSA) is 346 Å². The first-order valence-electron chi connectivity index (χ1n) is 20.5. The van der Waals surface area contributed by atoms with Crippen molar-refractivity contribution in [2.24, 2.45) is 0 Å². The number of para-hydroxylation sites is 1. The number of aliphatic carboxylic acids is 6. The summed E-state index contributed by atoms with van der Waals surface area (Å²) < 4.78 is 19.0. The van der Waals surface area contributed by atoms with Crippen LogP contribution in [0.25, 0.3) is 16.6 Å². The van der Waals surface area contributed by atoms with Crippen LogP contribution in [0.3, 0.4) is 0 Å². The van der Waals surface area contributed by atoms with Crippen LogP contribution in [-0.2, 0) is 43.0 Å². The van der Waals surface area contributed by atoms with Gasteiger partial charge in [-0.3, -0.25) is 9.59 Å². The highest BCUT2D eigenvalue weighted by molar-refractivity contribution is 6.07. The Bertz CT molecular complexity index is 2040. The molecule has 1 heterocycles. The van der Waals surface area contributed by atoms with Crippen LogP contribution in [0, 0.1) is 13.8 Å². The number of esters is 2. The second kappa shape index (κ2) is 26.9. The second-order valence-electron chi connectivity index (χ2n) is 14.7. The number of carbonyl (C=O) groups excluding carboxylic acids is 4. The van der Waals surface area contributed by atoms with Crippen LogP contribution >= 0.6 is 0 Å². The second-order valence-corrected chi connectivity index (χ2v) is 14.7. The number of carboxylic acids is 6. The van der Waals surface area contributed by atoms with Crippen molar-refractivity contribution >= 4 is 58.7 Å².